The molecule has 0 aromatic heterocycles. The van der Waals surface area contributed by atoms with E-state index in [0.29, 0.717) is 11.4 Å². The standard InChI is InChI=1S/C34H32N6O2S3/c41-45(42,29-11-13-33(31(23-29)35-25-43)39-19-15-37(16-20-39)27-7-3-1-4-8-27)30-12-14-34(32(24-30)36-26-44)40-21-17-38(18-22-40)28-9-5-2-6-10-28/h1-14,23-24H,15-22H2. The van der Waals surface area contributed by atoms with Gasteiger partial charge in [0.2, 0.25) is 9.84 Å². The molecule has 0 aliphatic carbocycles. The summed E-state index contributed by atoms with van der Waals surface area (Å²) in [6.07, 6.45) is 0. The van der Waals surface area contributed by atoms with Crippen LogP contribution in [-0.4, -0.2) is 71.1 Å². The quantitative estimate of drug-likeness (QED) is 0.155. The number of hydrogen-bond donors (Lipinski definition) is 0. The van der Waals surface area contributed by atoms with Crippen LogP contribution < -0.4 is 19.6 Å². The molecule has 2 saturated heterocycles. The summed E-state index contributed by atoms with van der Waals surface area (Å²) in [4.78, 5) is 17.9. The molecule has 0 N–H and O–H groups in total. The van der Waals surface area contributed by atoms with Crippen LogP contribution in [0.5, 0.6) is 0 Å². The summed E-state index contributed by atoms with van der Waals surface area (Å²) < 4.78 is 27.8. The number of isothiocyanates is 2. The molecule has 6 rings (SSSR count). The molecule has 0 spiro atoms. The van der Waals surface area contributed by atoms with Crippen LogP contribution in [0.3, 0.4) is 0 Å². The van der Waals surface area contributed by atoms with E-state index in [4.69, 9.17) is 24.4 Å². The zero-order chi connectivity index (χ0) is 31.2. The minimum Gasteiger partial charge on any atom is -0.368 e. The number of nitrogens with zero attached hydrogens (tertiary/aromatic N) is 6. The molecule has 0 unspecified atom stereocenters. The highest BCUT2D eigenvalue weighted by Crippen LogP contribution is 2.37. The number of rotatable bonds is 8. The van der Waals surface area contributed by atoms with Crippen LogP contribution in [0, 0.1) is 0 Å². The highest BCUT2D eigenvalue weighted by molar-refractivity contribution is 7.91. The average molecular weight is 653 g/mol. The van der Waals surface area contributed by atoms with Crippen molar-refractivity contribution in [2.24, 2.45) is 9.98 Å². The monoisotopic (exact) mass is 652 g/mol. The summed E-state index contributed by atoms with van der Waals surface area (Å²) >= 11 is 9.87. The van der Waals surface area contributed by atoms with Crippen molar-refractivity contribution < 1.29 is 8.42 Å². The molecular weight excluding hydrogens is 621 g/mol. The third-order valence-corrected chi connectivity index (χ3v) is 10.3. The van der Waals surface area contributed by atoms with E-state index in [-0.39, 0.29) is 9.79 Å². The molecule has 0 saturated carbocycles. The number of hydrogen-bond acceptors (Lipinski definition) is 10. The predicted molar refractivity (Wildman–Crippen MR) is 189 cm³/mol. The summed E-state index contributed by atoms with van der Waals surface area (Å²) in [5, 5.41) is 4.86. The summed E-state index contributed by atoms with van der Waals surface area (Å²) in [7, 11) is -3.90. The molecule has 2 fully saturated rings. The number of piperazine rings is 2. The number of para-hydroxylation sites is 2. The Labute approximate surface area is 274 Å². The summed E-state index contributed by atoms with van der Waals surface area (Å²) in [6.45, 7) is 6.40. The molecule has 45 heavy (non-hydrogen) atoms. The molecule has 2 aliphatic rings. The molecule has 0 radical (unpaired) electrons. The van der Waals surface area contributed by atoms with Crippen molar-refractivity contribution >= 4 is 78.7 Å². The fourth-order valence-corrected chi connectivity index (χ4v) is 7.47. The van der Waals surface area contributed by atoms with Gasteiger partial charge in [-0.1, -0.05) is 36.4 Å². The summed E-state index contributed by atoms with van der Waals surface area (Å²) in [5.41, 5.74) is 4.99. The lowest BCUT2D eigenvalue weighted by atomic mass is 10.2. The maximum Gasteiger partial charge on any atom is 0.206 e. The minimum absolute atomic E-state index is 0.125. The highest BCUT2D eigenvalue weighted by Gasteiger charge is 2.26. The molecule has 0 atom stereocenters. The molecule has 2 aliphatic heterocycles. The van der Waals surface area contributed by atoms with Gasteiger partial charge in [-0.15, -0.1) is 0 Å². The lowest BCUT2D eigenvalue weighted by Gasteiger charge is -2.38. The zero-order valence-corrected chi connectivity index (χ0v) is 27.1. The van der Waals surface area contributed by atoms with Crippen molar-refractivity contribution in [2.75, 3.05) is 72.0 Å². The van der Waals surface area contributed by atoms with Crippen LogP contribution in [0.25, 0.3) is 0 Å². The van der Waals surface area contributed by atoms with Crippen LogP contribution in [-0.2, 0) is 9.84 Å². The Kier molecular flexibility index (Phi) is 9.35. The Balaban J connectivity index is 1.22. The fraction of sp³-hybridized carbons (Fsp3) is 0.235. The van der Waals surface area contributed by atoms with E-state index in [2.05, 4.69) is 64.2 Å². The summed E-state index contributed by atoms with van der Waals surface area (Å²) in [5.74, 6) is 0. The highest BCUT2D eigenvalue weighted by atomic mass is 32.2. The molecule has 8 nitrogen and oxygen atoms in total. The molecule has 2 heterocycles. The van der Waals surface area contributed by atoms with Crippen LogP contribution in [0.2, 0.25) is 0 Å². The largest absolute Gasteiger partial charge is 0.368 e. The van der Waals surface area contributed by atoms with Crippen LogP contribution in [0.1, 0.15) is 0 Å². The Hall–Kier alpha value is -4.37. The van der Waals surface area contributed by atoms with E-state index < -0.39 is 9.84 Å². The number of aliphatic imine (C=N–C) groups is 2. The van der Waals surface area contributed by atoms with E-state index in [1.165, 1.54) is 11.4 Å². The van der Waals surface area contributed by atoms with Gasteiger partial charge < -0.3 is 19.6 Å². The third kappa shape index (κ3) is 6.68. The van der Waals surface area contributed by atoms with Gasteiger partial charge in [0.15, 0.2) is 0 Å². The fourth-order valence-electron chi connectivity index (χ4n) is 5.98. The van der Waals surface area contributed by atoms with Gasteiger partial charge >= 0.3 is 0 Å². The van der Waals surface area contributed by atoms with Gasteiger partial charge in [-0.05, 0) is 85.1 Å². The van der Waals surface area contributed by atoms with Gasteiger partial charge in [0, 0.05) is 63.7 Å². The topological polar surface area (TPSA) is 71.8 Å². The SMILES string of the molecule is O=S(=O)(c1ccc(N2CCN(c3ccccc3)CC2)c(N=C=S)c1)c1ccc(N2CCN(c3ccccc3)CC2)c(N=C=S)c1. The number of thiocarbonyl (C=S) groups is 2. The molecule has 4 aromatic rings. The van der Waals surface area contributed by atoms with E-state index in [9.17, 15) is 8.42 Å². The van der Waals surface area contributed by atoms with Crippen LogP contribution in [0.15, 0.2) is 117 Å². The molecule has 0 bridgehead atoms. The van der Waals surface area contributed by atoms with Crippen molar-refractivity contribution in [2.45, 2.75) is 9.79 Å². The van der Waals surface area contributed by atoms with Crippen LogP contribution >= 0.6 is 24.4 Å². The Morgan fingerprint density at radius 1 is 0.511 bits per heavy atom. The second-order valence-electron chi connectivity index (χ2n) is 10.8. The Morgan fingerprint density at radius 3 is 1.22 bits per heavy atom. The van der Waals surface area contributed by atoms with Gasteiger partial charge in [0.05, 0.1) is 42.9 Å². The lowest BCUT2D eigenvalue weighted by molar-refractivity contribution is 0.596. The van der Waals surface area contributed by atoms with Crippen LogP contribution in [0.4, 0.5) is 34.1 Å². The summed E-state index contributed by atoms with van der Waals surface area (Å²) in [6, 6.07) is 30.7. The van der Waals surface area contributed by atoms with Crippen molar-refractivity contribution in [3.63, 3.8) is 0 Å². The molecule has 4 aromatic carbocycles. The van der Waals surface area contributed by atoms with E-state index >= 15 is 0 Å². The average Bonchev–Trinajstić information content (AvgIpc) is 3.09. The van der Waals surface area contributed by atoms with Gasteiger partial charge in [-0.2, -0.15) is 9.98 Å². The first-order valence-electron chi connectivity index (χ1n) is 14.8. The zero-order valence-electron chi connectivity index (χ0n) is 24.6. The van der Waals surface area contributed by atoms with Crippen molar-refractivity contribution in [3.8, 4) is 0 Å². The third-order valence-electron chi connectivity index (χ3n) is 8.33. The molecule has 228 valence electrons. The second-order valence-corrected chi connectivity index (χ2v) is 13.1. The number of sulfone groups is 1. The number of anilines is 4. The van der Waals surface area contributed by atoms with Crippen molar-refractivity contribution in [1.29, 1.82) is 0 Å². The molecular formula is C34H32N6O2S3. The van der Waals surface area contributed by atoms with Gasteiger partial charge in [-0.3, -0.25) is 0 Å². The molecule has 0 amide bonds. The smallest absolute Gasteiger partial charge is 0.206 e. The maximum absolute atomic E-state index is 13.9. The second kappa shape index (κ2) is 13.7. The van der Waals surface area contributed by atoms with Crippen molar-refractivity contribution in [1.82, 2.24) is 0 Å². The first kappa shape index (κ1) is 30.6. The van der Waals surface area contributed by atoms with E-state index in [0.717, 1.165) is 63.7 Å². The normalized spacial score (nSPS) is 15.3. The minimum atomic E-state index is -3.90. The first-order chi connectivity index (χ1) is 22.0. The lowest BCUT2D eigenvalue weighted by Crippen LogP contribution is -2.46. The van der Waals surface area contributed by atoms with E-state index in [1.807, 2.05) is 48.5 Å². The van der Waals surface area contributed by atoms with Gasteiger partial charge in [0.25, 0.3) is 0 Å². The van der Waals surface area contributed by atoms with Gasteiger partial charge in [-0.25, -0.2) is 8.42 Å². The maximum atomic E-state index is 13.9. The van der Waals surface area contributed by atoms with E-state index in [1.54, 1.807) is 24.3 Å². The Morgan fingerprint density at radius 2 is 0.867 bits per heavy atom. The number of benzene rings is 4. The molecule has 11 heteroatoms. The van der Waals surface area contributed by atoms with Crippen molar-refractivity contribution in [3.05, 3.63) is 97.1 Å². The first-order valence-corrected chi connectivity index (χ1v) is 17.1. The Bertz CT molecular complexity index is 1730. The predicted octanol–water partition coefficient (Wildman–Crippen LogP) is 6.64. The van der Waals surface area contributed by atoms with Gasteiger partial charge in [0.1, 0.15) is 0 Å².